The van der Waals surface area contributed by atoms with Crippen LogP contribution >= 0.6 is 0 Å². The molecule has 0 aliphatic heterocycles. The highest BCUT2D eigenvalue weighted by molar-refractivity contribution is 5.91. The van der Waals surface area contributed by atoms with Gasteiger partial charge in [0.15, 0.2) is 0 Å². The van der Waals surface area contributed by atoms with Crippen molar-refractivity contribution in [2.24, 2.45) is 0 Å². The van der Waals surface area contributed by atoms with Gasteiger partial charge in [-0.1, -0.05) is 158 Å². The van der Waals surface area contributed by atoms with E-state index in [0.29, 0.717) is 0 Å². The van der Waals surface area contributed by atoms with E-state index in [1.165, 1.54) is 55.3 Å². The second-order valence-corrected chi connectivity index (χ2v) is 12.5. The lowest BCUT2D eigenvalue weighted by Crippen LogP contribution is -2.28. The van der Waals surface area contributed by atoms with Gasteiger partial charge in [0.2, 0.25) is 0 Å². The molecule has 226 valence electrons. The van der Waals surface area contributed by atoms with E-state index in [1.807, 2.05) is 0 Å². The minimum Gasteiger partial charge on any atom is -0.310 e. The number of para-hydroxylation sites is 1. The summed E-state index contributed by atoms with van der Waals surface area (Å²) in [6.45, 7) is 0. The zero-order chi connectivity index (χ0) is 31.9. The van der Waals surface area contributed by atoms with Crippen molar-refractivity contribution in [3.8, 4) is 22.3 Å². The maximum atomic E-state index is 2.43. The van der Waals surface area contributed by atoms with Gasteiger partial charge in [-0.15, -0.1) is 0 Å². The fourth-order valence-electron chi connectivity index (χ4n) is 7.77. The molecule has 0 atom stereocenters. The Morgan fingerprint density at radius 1 is 0.312 bits per heavy atom. The summed E-state index contributed by atoms with van der Waals surface area (Å²) in [5, 5.41) is 2.47. The van der Waals surface area contributed by atoms with Gasteiger partial charge < -0.3 is 4.90 Å². The number of fused-ring (bicyclic) bond motifs is 4. The lowest BCUT2D eigenvalue weighted by Gasteiger charge is -2.34. The molecular formula is C47H33N. The van der Waals surface area contributed by atoms with Crippen molar-refractivity contribution >= 4 is 27.8 Å². The normalized spacial score (nSPS) is 12.8. The van der Waals surface area contributed by atoms with E-state index in [1.54, 1.807) is 0 Å². The highest BCUT2D eigenvalue weighted by Gasteiger charge is 2.46. The summed E-state index contributed by atoms with van der Waals surface area (Å²) in [5.74, 6) is 0. The highest BCUT2D eigenvalue weighted by Crippen LogP contribution is 2.56. The first-order chi connectivity index (χ1) is 23.8. The molecule has 0 unspecified atom stereocenters. The first kappa shape index (κ1) is 28.1. The standard InChI is InChI=1S/C47H33N/c1-4-16-38(17-5-1)47(39-18-6-2-7-19-39)45-23-13-12-22-43(45)44-31-27-37(33-46(44)47)35-24-28-41(29-25-35)48(40-20-8-3-9-21-40)42-30-26-34-14-10-11-15-36(34)32-42/h1-33H. The third kappa shape index (κ3) is 4.47. The largest absolute Gasteiger partial charge is 0.310 e. The smallest absolute Gasteiger partial charge is 0.0713 e. The number of hydrogen-bond donors (Lipinski definition) is 0. The van der Waals surface area contributed by atoms with E-state index in [-0.39, 0.29) is 0 Å². The Morgan fingerprint density at radius 2 is 0.833 bits per heavy atom. The first-order valence-electron chi connectivity index (χ1n) is 16.6. The minimum atomic E-state index is -0.412. The topological polar surface area (TPSA) is 3.24 Å². The molecule has 1 nitrogen and oxygen atoms in total. The van der Waals surface area contributed by atoms with Gasteiger partial charge in [-0.05, 0) is 97.7 Å². The molecule has 0 saturated carbocycles. The molecular weight excluding hydrogens is 579 g/mol. The van der Waals surface area contributed by atoms with Gasteiger partial charge in [0.1, 0.15) is 0 Å². The van der Waals surface area contributed by atoms with Crippen molar-refractivity contribution in [2.75, 3.05) is 4.90 Å². The Hall–Kier alpha value is -6.18. The van der Waals surface area contributed by atoms with Crippen LogP contribution in [0.5, 0.6) is 0 Å². The van der Waals surface area contributed by atoms with Gasteiger partial charge in [0.05, 0.1) is 5.41 Å². The van der Waals surface area contributed by atoms with Gasteiger partial charge in [-0.2, -0.15) is 0 Å². The van der Waals surface area contributed by atoms with E-state index < -0.39 is 5.41 Å². The van der Waals surface area contributed by atoms with Gasteiger partial charge in [-0.3, -0.25) is 0 Å². The zero-order valence-corrected chi connectivity index (χ0v) is 26.5. The molecule has 9 rings (SSSR count). The summed E-state index contributed by atoms with van der Waals surface area (Å²) in [6.07, 6.45) is 0. The molecule has 48 heavy (non-hydrogen) atoms. The fourth-order valence-corrected chi connectivity index (χ4v) is 7.77. The summed E-state index contributed by atoms with van der Waals surface area (Å²) >= 11 is 0. The molecule has 0 spiro atoms. The molecule has 0 bridgehead atoms. The Morgan fingerprint density at radius 3 is 1.54 bits per heavy atom. The zero-order valence-electron chi connectivity index (χ0n) is 26.5. The predicted molar refractivity (Wildman–Crippen MR) is 201 cm³/mol. The quantitative estimate of drug-likeness (QED) is 0.181. The van der Waals surface area contributed by atoms with Crippen LogP contribution in [-0.2, 0) is 5.41 Å². The third-order valence-electron chi connectivity index (χ3n) is 9.92. The van der Waals surface area contributed by atoms with Crippen molar-refractivity contribution < 1.29 is 0 Å². The van der Waals surface area contributed by atoms with Crippen LogP contribution in [-0.4, -0.2) is 0 Å². The number of hydrogen-bond acceptors (Lipinski definition) is 1. The minimum absolute atomic E-state index is 0.412. The van der Waals surface area contributed by atoms with Gasteiger partial charge in [0.25, 0.3) is 0 Å². The van der Waals surface area contributed by atoms with Crippen LogP contribution < -0.4 is 4.90 Å². The summed E-state index contributed by atoms with van der Waals surface area (Å²) in [7, 11) is 0. The fraction of sp³-hybridized carbons (Fsp3) is 0.0213. The molecule has 0 radical (unpaired) electrons. The molecule has 1 aliphatic carbocycles. The second kappa shape index (κ2) is 11.6. The van der Waals surface area contributed by atoms with Crippen LogP contribution in [0.2, 0.25) is 0 Å². The monoisotopic (exact) mass is 611 g/mol. The van der Waals surface area contributed by atoms with Crippen LogP contribution in [0.4, 0.5) is 17.1 Å². The van der Waals surface area contributed by atoms with E-state index in [4.69, 9.17) is 0 Å². The van der Waals surface area contributed by atoms with Crippen molar-refractivity contribution in [1.82, 2.24) is 0 Å². The van der Waals surface area contributed by atoms with E-state index in [9.17, 15) is 0 Å². The maximum absolute atomic E-state index is 2.43. The summed E-state index contributed by atoms with van der Waals surface area (Å²) < 4.78 is 0. The second-order valence-electron chi connectivity index (χ2n) is 12.5. The molecule has 0 amide bonds. The molecule has 0 aromatic heterocycles. The average Bonchev–Trinajstić information content (AvgIpc) is 3.47. The molecule has 8 aromatic rings. The van der Waals surface area contributed by atoms with Crippen molar-refractivity contribution in [3.63, 3.8) is 0 Å². The highest BCUT2D eigenvalue weighted by atomic mass is 15.1. The molecule has 0 saturated heterocycles. The van der Waals surface area contributed by atoms with Gasteiger partial charge >= 0.3 is 0 Å². The Labute approximate surface area is 282 Å². The lowest BCUT2D eigenvalue weighted by molar-refractivity contribution is 0.769. The molecule has 1 heteroatoms. The van der Waals surface area contributed by atoms with Gasteiger partial charge in [-0.25, -0.2) is 0 Å². The first-order valence-corrected chi connectivity index (χ1v) is 16.6. The average molecular weight is 612 g/mol. The number of nitrogens with zero attached hydrogens (tertiary/aromatic N) is 1. The predicted octanol–water partition coefficient (Wildman–Crippen LogP) is 12.3. The van der Waals surface area contributed by atoms with Crippen LogP contribution in [0, 0.1) is 0 Å². The third-order valence-corrected chi connectivity index (χ3v) is 9.92. The summed E-state index contributed by atoms with van der Waals surface area (Å²) in [5.41, 5.74) is 13.2. The molecule has 0 N–H and O–H groups in total. The van der Waals surface area contributed by atoms with Crippen LogP contribution in [0.1, 0.15) is 22.3 Å². The Kier molecular flexibility index (Phi) is 6.76. The van der Waals surface area contributed by atoms with Crippen molar-refractivity contribution in [3.05, 3.63) is 222 Å². The van der Waals surface area contributed by atoms with E-state index >= 15 is 0 Å². The van der Waals surface area contributed by atoms with Crippen LogP contribution in [0.25, 0.3) is 33.0 Å². The lowest BCUT2D eigenvalue weighted by atomic mass is 9.67. The Bertz CT molecular complexity index is 2340. The number of rotatable bonds is 6. The maximum Gasteiger partial charge on any atom is 0.0713 e. The SMILES string of the molecule is c1ccc(N(c2ccc(-c3ccc4c(c3)C(c3ccccc3)(c3ccccc3)c3ccccc3-4)cc2)c2ccc3ccccc3c2)cc1. The molecule has 0 fully saturated rings. The molecule has 8 aromatic carbocycles. The van der Waals surface area contributed by atoms with Crippen LogP contribution in [0.3, 0.4) is 0 Å². The van der Waals surface area contributed by atoms with Crippen molar-refractivity contribution in [1.29, 1.82) is 0 Å². The molecule has 0 heterocycles. The van der Waals surface area contributed by atoms with E-state index in [2.05, 4.69) is 205 Å². The molecule has 1 aliphatic rings. The van der Waals surface area contributed by atoms with E-state index in [0.717, 1.165) is 17.1 Å². The van der Waals surface area contributed by atoms with Gasteiger partial charge in [0, 0.05) is 17.1 Å². The number of anilines is 3. The van der Waals surface area contributed by atoms with Crippen molar-refractivity contribution in [2.45, 2.75) is 5.41 Å². The summed E-state index contributed by atoms with van der Waals surface area (Å²) in [4.78, 5) is 2.34. The number of benzene rings is 8. The summed E-state index contributed by atoms with van der Waals surface area (Å²) in [6, 6.07) is 72.9. The van der Waals surface area contributed by atoms with Crippen LogP contribution in [0.15, 0.2) is 200 Å². The Balaban J connectivity index is 1.18.